The number of aromatic amines is 1. The van der Waals surface area contributed by atoms with E-state index in [1.54, 1.807) is 13.1 Å². The average molecular weight is 245 g/mol. The van der Waals surface area contributed by atoms with Gasteiger partial charge in [-0.05, 0) is 19.9 Å². The van der Waals surface area contributed by atoms with E-state index < -0.39 is 6.09 Å². The van der Waals surface area contributed by atoms with Crippen molar-refractivity contribution < 1.29 is 9.53 Å². The lowest BCUT2D eigenvalue weighted by atomic mass is 10.1. The fourth-order valence-corrected chi connectivity index (χ4v) is 1.78. The van der Waals surface area contributed by atoms with E-state index in [-0.39, 0.29) is 0 Å². The van der Waals surface area contributed by atoms with Gasteiger partial charge in [-0.2, -0.15) is 5.10 Å². The maximum absolute atomic E-state index is 11.1. The molecule has 1 heterocycles. The van der Waals surface area contributed by atoms with Gasteiger partial charge in [-0.15, -0.1) is 0 Å². The highest BCUT2D eigenvalue weighted by Gasteiger charge is 2.05. The summed E-state index contributed by atoms with van der Waals surface area (Å²) < 4.78 is 4.71. The summed E-state index contributed by atoms with van der Waals surface area (Å²) in [5, 5.41) is 4.95. The molecule has 0 saturated carbocycles. The van der Waals surface area contributed by atoms with Crippen molar-refractivity contribution in [3.63, 3.8) is 0 Å². The van der Waals surface area contributed by atoms with Gasteiger partial charge in [0, 0.05) is 22.2 Å². The minimum Gasteiger partial charge on any atom is -0.449 e. The summed E-state index contributed by atoms with van der Waals surface area (Å²) in [5.74, 6) is 0. The Labute approximate surface area is 105 Å². The number of nitrogens with zero attached hydrogens (tertiary/aromatic N) is 1. The van der Waals surface area contributed by atoms with Crippen LogP contribution in [0.4, 0.5) is 4.79 Å². The van der Waals surface area contributed by atoms with E-state index in [1.165, 1.54) is 0 Å². The van der Waals surface area contributed by atoms with Crippen molar-refractivity contribution in [2.75, 3.05) is 6.61 Å². The molecule has 0 spiro atoms. The van der Waals surface area contributed by atoms with E-state index in [2.05, 4.69) is 15.5 Å². The Kier molecular flexibility index (Phi) is 3.62. The fraction of sp³-hybridized carbons (Fsp3) is 0.231. The molecule has 2 N–H and O–H groups in total. The molecule has 0 bridgehead atoms. The van der Waals surface area contributed by atoms with Crippen LogP contribution in [-0.2, 0) is 4.74 Å². The number of para-hydroxylation sites is 1. The molecule has 94 valence electrons. The van der Waals surface area contributed by atoms with Gasteiger partial charge in [-0.3, -0.25) is 0 Å². The predicted molar refractivity (Wildman–Crippen MR) is 70.8 cm³/mol. The Morgan fingerprint density at radius 2 is 2.28 bits per heavy atom. The third-order valence-corrected chi connectivity index (χ3v) is 2.57. The molecule has 5 nitrogen and oxygen atoms in total. The molecule has 2 rings (SSSR count). The molecule has 0 aliphatic rings. The van der Waals surface area contributed by atoms with E-state index in [9.17, 15) is 4.79 Å². The lowest BCUT2D eigenvalue weighted by Crippen LogP contribution is -2.18. The number of hydrogen-bond acceptors (Lipinski definition) is 3. The minimum absolute atomic E-state index is 0.327. The number of aryl methyl sites for hydroxylation is 1. The Morgan fingerprint density at radius 3 is 3.06 bits per heavy atom. The number of hydrazone groups is 1. The Hall–Kier alpha value is -2.30. The number of H-pyrrole nitrogens is 1. The van der Waals surface area contributed by atoms with Crippen LogP contribution in [0.2, 0.25) is 0 Å². The number of rotatable bonds is 3. The van der Waals surface area contributed by atoms with Crippen molar-refractivity contribution in [3.05, 3.63) is 35.5 Å². The standard InChI is InChI=1S/C13H15N3O2/c1-3-18-13(17)16-14-8-11-9(2)15-12-7-5-4-6-10(11)12/h4-8,15H,3H2,1-2H3,(H,16,17). The van der Waals surface area contributed by atoms with Gasteiger partial charge in [0.15, 0.2) is 0 Å². The summed E-state index contributed by atoms with van der Waals surface area (Å²) >= 11 is 0. The van der Waals surface area contributed by atoms with E-state index in [1.807, 2.05) is 31.2 Å². The summed E-state index contributed by atoms with van der Waals surface area (Å²) in [4.78, 5) is 14.3. The number of ether oxygens (including phenoxy) is 1. The summed E-state index contributed by atoms with van der Waals surface area (Å²) in [7, 11) is 0. The molecule has 18 heavy (non-hydrogen) atoms. The second-order valence-corrected chi connectivity index (χ2v) is 3.80. The average Bonchev–Trinajstić information content (AvgIpc) is 2.66. The zero-order valence-corrected chi connectivity index (χ0v) is 10.4. The topological polar surface area (TPSA) is 66.5 Å². The highest BCUT2D eigenvalue weighted by Crippen LogP contribution is 2.19. The maximum Gasteiger partial charge on any atom is 0.427 e. The molecule has 0 atom stereocenters. The largest absolute Gasteiger partial charge is 0.449 e. The first-order valence-electron chi connectivity index (χ1n) is 5.75. The first kappa shape index (κ1) is 12.2. The molecule has 0 unspecified atom stereocenters. The first-order valence-corrected chi connectivity index (χ1v) is 5.75. The maximum atomic E-state index is 11.1. The van der Waals surface area contributed by atoms with Crippen LogP contribution in [0.3, 0.4) is 0 Å². The number of carbonyl (C=O) groups excluding carboxylic acids is 1. The molecule has 5 heteroatoms. The summed E-state index contributed by atoms with van der Waals surface area (Å²) in [5.41, 5.74) is 5.32. The van der Waals surface area contributed by atoms with E-state index in [0.717, 1.165) is 22.2 Å². The summed E-state index contributed by atoms with van der Waals surface area (Å²) in [6, 6.07) is 7.94. The Balaban J connectivity index is 2.18. The van der Waals surface area contributed by atoms with Gasteiger partial charge in [0.05, 0.1) is 12.8 Å². The van der Waals surface area contributed by atoms with Crippen LogP contribution in [0.15, 0.2) is 29.4 Å². The smallest absolute Gasteiger partial charge is 0.427 e. The number of carbonyl (C=O) groups is 1. The van der Waals surface area contributed by atoms with Crippen molar-refractivity contribution in [3.8, 4) is 0 Å². The molecule has 0 radical (unpaired) electrons. The summed E-state index contributed by atoms with van der Waals surface area (Å²) in [6.07, 6.45) is 1.07. The van der Waals surface area contributed by atoms with Crippen LogP contribution in [0, 0.1) is 6.92 Å². The van der Waals surface area contributed by atoms with Crippen LogP contribution < -0.4 is 5.43 Å². The Bertz CT molecular complexity index is 587. The predicted octanol–water partition coefficient (Wildman–Crippen LogP) is 2.56. The number of benzene rings is 1. The van der Waals surface area contributed by atoms with Crippen LogP contribution in [0.25, 0.3) is 10.9 Å². The second-order valence-electron chi connectivity index (χ2n) is 3.80. The molecule has 0 fully saturated rings. The van der Waals surface area contributed by atoms with Crippen LogP contribution >= 0.6 is 0 Å². The molecule has 2 aromatic rings. The first-order chi connectivity index (χ1) is 8.72. The number of amides is 1. The SMILES string of the molecule is CCOC(=O)NN=Cc1c(C)[nH]c2ccccc12. The molecule has 0 saturated heterocycles. The van der Waals surface area contributed by atoms with Gasteiger partial charge in [0.25, 0.3) is 0 Å². The van der Waals surface area contributed by atoms with Crippen molar-refractivity contribution >= 4 is 23.2 Å². The van der Waals surface area contributed by atoms with Crippen molar-refractivity contribution in [1.82, 2.24) is 10.4 Å². The van der Waals surface area contributed by atoms with E-state index in [4.69, 9.17) is 4.74 Å². The molecular formula is C13H15N3O2. The molecule has 1 amide bonds. The van der Waals surface area contributed by atoms with Crippen LogP contribution in [0.5, 0.6) is 0 Å². The monoisotopic (exact) mass is 245 g/mol. The molecular weight excluding hydrogens is 230 g/mol. The highest BCUT2D eigenvalue weighted by atomic mass is 16.5. The molecule has 1 aromatic heterocycles. The van der Waals surface area contributed by atoms with E-state index in [0.29, 0.717) is 6.61 Å². The van der Waals surface area contributed by atoms with Gasteiger partial charge in [0.1, 0.15) is 0 Å². The van der Waals surface area contributed by atoms with Crippen LogP contribution in [0.1, 0.15) is 18.2 Å². The number of aromatic nitrogens is 1. The lowest BCUT2D eigenvalue weighted by molar-refractivity contribution is 0.152. The van der Waals surface area contributed by atoms with E-state index >= 15 is 0 Å². The second kappa shape index (κ2) is 5.35. The van der Waals surface area contributed by atoms with Gasteiger partial charge in [-0.1, -0.05) is 18.2 Å². The Morgan fingerprint density at radius 1 is 1.50 bits per heavy atom. The van der Waals surface area contributed by atoms with Crippen molar-refractivity contribution in [1.29, 1.82) is 0 Å². The molecule has 0 aliphatic heterocycles. The van der Waals surface area contributed by atoms with Gasteiger partial charge >= 0.3 is 6.09 Å². The van der Waals surface area contributed by atoms with Gasteiger partial charge in [-0.25, -0.2) is 10.2 Å². The lowest BCUT2D eigenvalue weighted by Gasteiger charge is -1.98. The van der Waals surface area contributed by atoms with Crippen LogP contribution in [-0.4, -0.2) is 23.9 Å². The quantitative estimate of drug-likeness (QED) is 0.644. The number of nitrogens with one attached hydrogen (secondary N) is 2. The van der Waals surface area contributed by atoms with Crippen molar-refractivity contribution in [2.24, 2.45) is 5.10 Å². The highest BCUT2D eigenvalue weighted by molar-refractivity contribution is 6.00. The zero-order valence-electron chi connectivity index (χ0n) is 10.4. The number of fused-ring (bicyclic) bond motifs is 1. The van der Waals surface area contributed by atoms with Crippen molar-refractivity contribution in [2.45, 2.75) is 13.8 Å². The normalized spacial score (nSPS) is 11.0. The molecule has 1 aromatic carbocycles. The fourth-order valence-electron chi connectivity index (χ4n) is 1.78. The molecule has 0 aliphatic carbocycles. The van der Waals surface area contributed by atoms with Gasteiger partial charge < -0.3 is 9.72 Å². The third kappa shape index (κ3) is 2.51. The summed E-state index contributed by atoms with van der Waals surface area (Å²) in [6.45, 7) is 4.03. The van der Waals surface area contributed by atoms with Gasteiger partial charge in [0.2, 0.25) is 0 Å². The minimum atomic E-state index is -0.550. The number of hydrogen-bond donors (Lipinski definition) is 2. The third-order valence-electron chi connectivity index (χ3n) is 2.57. The zero-order chi connectivity index (χ0) is 13.0.